The molecule has 2 amide bonds. The lowest BCUT2D eigenvalue weighted by atomic mass is 10.1. The fourth-order valence-electron chi connectivity index (χ4n) is 2.43. The third kappa shape index (κ3) is 1.67. The summed E-state index contributed by atoms with van der Waals surface area (Å²) < 4.78 is 5.54. The topological polar surface area (TPSA) is 58.6 Å². The molecule has 0 bridgehead atoms. The number of nitrogens with one attached hydrogen (secondary N) is 1. The number of nitrogens with zero attached hydrogens (tertiary/aromatic N) is 1. The van der Waals surface area contributed by atoms with Crippen LogP contribution >= 0.6 is 0 Å². The molecule has 1 saturated heterocycles. The molecule has 2 heterocycles. The highest BCUT2D eigenvalue weighted by atomic mass is 16.5. The largest absolute Gasteiger partial charge is 0.491 e. The van der Waals surface area contributed by atoms with Gasteiger partial charge < -0.3 is 4.74 Å². The molecule has 5 nitrogen and oxygen atoms in total. The molecule has 5 heteroatoms. The average molecular weight is 246 g/mol. The number of rotatable bonds is 2. The molecule has 1 aromatic rings. The molecule has 3 rings (SSSR count). The second-order valence-corrected chi connectivity index (χ2v) is 4.62. The van der Waals surface area contributed by atoms with E-state index in [0.29, 0.717) is 6.61 Å². The third-order valence-corrected chi connectivity index (χ3v) is 3.48. The molecule has 0 saturated carbocycles. The van der Waals surface area contributed by atoms with Crippen LogP contribution in [-0.2, 0) is 9.59 Å². The van der Waals surface area contributed by atoms with Crippen molar-refractivity contribution in [3.05, 3.63) is 29.8 Å². The van der Waals surface area contributed by atoms with Crippen LogP contribution in [0.3, 0.4) is 0 Å². The Morgan fingerprint density at radius 1 is 1.28 bits per heavy atom. The van der Waals surface area contributed by atoms with Crippen molar-refractivity contribution >= 4 is 11.8 Å². The van der Waals surface area contributed by atoms with Crippen LogP contribution in [-0.4, -0.2) is 36.4 Å². The first-order chi connectivity index (χ1) is 8.66. The van der Waals surface area contributed by atoms with Crippen LogP contribution < -0.4 is 10.1 Å². The van der Waals surface area contributed by atoms with Crippen LogP contribution in [0, 0.1) is 0 Å². The van der Waals surface area contributed by atoms with E-state index < -0.39 is 6.04 Å². The van der Waals surface area contributed by atoms with Crippen molar-refractivity contribution < 1.29 is 14.3 Å². The molecule has 2 aliphatic rings. The van der Waals surface area contributed by atoms with Crippen molar-refractivity contribution in [3.8, 4) is 5.75 Å². The predicted octanol–water partition coefficient (Wildman–Crippen LogP) is 0.467. The average Bonchev–Trinajstić information content (AvgIpc) is 2.89. The molecular weight excluding hydrogens is 232 g/mol. The van der Waals surface area contributed by atoms with Gasteiger partial charge in [0, 0.05) is 12.6 Å². The van der Waals surface area contributed by atoms with Crippen LogP contribution in [0.5, 0.6) is 5.75 Å². The Balaban J connectivity index is 1.76. The van der Waals surface area contributed by atoms with E-state index in [1.165, 1.54) is 11.9 Å². The summed E-state index contributed by atoms with van der Waals surface area (Å²) >= 11 is 0. The number of amides is 2. The van der Waals surface area contributed by atoms with Crippen molar-refractivity contribution in [3.63, 3.8) is 0 Å². The molecule has 2 atom stereocenters. The molecule has 1 N–H and O–H groups in total. The maximum Gasteiger partial charge on any atom is 0.246 e. The van der Waals surface area contributed by atoms with Crippen LogP contribution in [0.15, 0.2) is 24.3 Å². The Hall–Kier alpha value is -1.88. The molecule has 18 heavy (non-hydrogen) atoms. The first-order valence-electron chi connectivity index (χ1n) is 5.95. The summed E-state index contributed by atoms with van der Waals surface area (Å²) in [6.07, 6.45) is 0.230. The van der Waals surface area contributed by atoms with E-state index in [4.69, 9.17) is 4.74 Å². The zero-order valence-electron chi connectivity index (χ0n) is 10.1. The smallest absolute Gasteiger partial charge is 0.246 e. The van der Waals surface area contributed by atoms with Gasteiger partial charge in [0.2, 0.25) is 11.8 Å². The number of hydrogen-bond donors (Lipinski definition) is 1. The summed E-state index contributed by atoms with van der Waals surface area (Å²) in [7, 11) is 1.52. The molecule has 2 unspecified atom stereocenters. The van der Waals surface area contributed by atoms with Gasteiger partial charge in [0.15, 0.2) is 0 Å². The summed E-state index contributed by atoms with van der Waals surface area (Å²) in [5, 5.41) is 3.21. The second kappa shape index (κ2) is 4.10. The third-order valence-electron chi connectivity index (χ3n) is 3.48. The minimum Gasteiger partial charge on any atom is -0.491 e. The summed E-state index contributed by atoms with van der Waals surface area (Å²) in [6.45, 7) is 0.501. The highest BCUT2D eigenvalue weighted by Gasteiger charge is 2.38. The molecule has 94 valence electrons. The Kier molecular flexibility index (Phi) is 2.56. The fraction of sp³-hybridized carbons (Fsp3) is 0.385. The summed E-state index contributed by atoms with van der Waals surface area (Å²) in [5.41, 5.74) is 1.05. The number of carbonyl (C=O) groups excluding carboxylic acids is 2. The van der Waals surface area contributed by atoms with Gasteiger partial charge in [-0.2, -0.15) is 0 Å². The number of likely N-dealkylation sites (tertiary alicyclic amines) is 1. The highest BCUT2D eigenvalue weighted by molar-refractivity contribution is 6.05. The Morgan fingerprint density at radius 3 is 2.78 bits per heavy atom. The molecule has 0 aromatic heterocycles. The van der Waals surface area contributed by atoms with Crippen molar-refractivity contribution in [2.75, 3.05) is 13.7 Å². The molecule has 2 aliphatic heterocycles. The van der Waals surface area contributed by atoms with E-state index in [2.05, 4.69) is 5.32 Å². The van der Waals surface area contributed by atoms with Crippen molar-refractivity contribution in [2.24, 2.45) is 0 Å². The number of benzene rings is 1. The lowest BCUT2D eigenvalue weighted by molar-refractivity contribution is -0.137. The van der Waals surface area contributed by atoms with Gasteiger partial charge in [-0.15, -0.1) is 0 Å². The second-order valence-electron chi connectivity index (χ2n) is 4.62. The first kappa shape index (κ1) is 11.2. The van der Waals surface area contributed by atoms with E-state index in [1.54, 1.807) is 0 Å². The predicted molar refractivity (Wildman–Crippen MR) is 64.0 cm³/mol. The minimum atomic E-state index is -0.428. The molecule has 1 fully saturated rings. The first-order valence-corrected chi connectivity index (χ1v) is 5.95. The van der Waals surface area contributed by atoms with E-state index in [0.717, 1.165) is 11.3 Å². The lowest BCUT2D eigenvalue weighted by Crippen LogP contribution is -2.39. The molecule has 0 radical (unpaired) electrons. The number of imide groups is 1. The van der Waals surface area contributed by atoms with Gasteiger partial charge in [0.25, 0.3) is 0 Å². The van der Waals surface area contributed by atoms with Gasteiger partial charge in [0.05, 0.1) is 18.5 Å². The minimum absolute atomic E-state index is 0.0190. The Labute approximate surface area is 105 Å². The maximum atomic E-state index is 11.8. The molecule has 1 aromatic carbocycles. The summed E-state index contributed by atoms with van der Waals surface area (Å²) in [5.74, 6) is 0.550. The van der Waals surface area contributed by atoms with E-state index in [9.17, 15) is 9.59 Å². The van der Waals surface area contributed by atoms with Gasteiger partial charge in [-0.05, 0) is 6.07 Å². The van der Waals surface area contributed by atoms with Crippen LogP contribution in [0.2, 0.25) is 0 Å². The molecule has 0 spiro atoms. The van der Waals surface area contributed by atoms with E-state index in [1.807, 2.05) is 24.3 Å². The number of fused-ring (bicyclic) bond motifs is 1. The number of para-hydroxylation sites is 1. The fourth-order valence-corrected chi connectivity index (χ4v) is 2.43. The number of ether oxygens (including phenoxy) is 1. The SMILES string of the molecule is CN1C(=O)CC(NC2COc3ccccc32)C1=O. The van der Waals surface area contributed by atoms with Crippen molar-refractivity contribution in [2.45, 2.75) is 18.5 Å². The number of likely N-dealkylation sites (N-methyl/N-ethyl adjacent to an activating group) is 1. The van der Waals surface area contributed by atoms with Gasteiger partial charge in [-0.25, -0.2) is 0 Å². The lowest BCUT2D eigenvalue weighted by Gasteiger charge is -2.16. The number of hydrogen-bond acceptors (Lipinski definition) is 4. The molecule has 0 aliphatic carbocycles. The zero-order chi connectivity index (χ0) is 12.7. The van der Waals surface area contributed by atoms with E-state index >= 15 is 0 Å². The highest BCUT2D eigenvalue weighted by Crippen LogP contribution is 2.32. The summed E-state index contributed by atoms with van der Waals surface area (Å²) in [6, 6.07) is 7.29. The normalized spacial score (nSPS) is 26.4. The van der Waals surface area contributed by atoms with Gasteiger partial charge in [0.1, 0.15) is 12.4 Å². The summed E-state index contributed by atoms with van der Waals surface area (Å²) in [4.78, 5) is 24.4. The standard InChI is InChI=1S/C13H14N2O3/c1-15-12(16)6-9(13(15)17)14-10-7-18-11-5-3-2-4-8(10)11/h2-5,9-10,14H,6-7H2,1H3. The van der Waals surface area contributed by atoms with Crippen LogP contribution in [0.25, 0.3) is 0 Å². The van der Waals surface area contributed by atoms with Gasteiger partial charge in [-0.1, -0.05) is 18.2 Å². The van der Waals surface area contributed by atoms with Gasteiger partial charge in [-0.3, -0.25) is 19.8 Å². The Bertz CT molecular complexity index is 515. The van der Waals surface area contributed by atoms with Crippen molar-refractivity contribution in [1.29, 1.82) is 0 Å². The monoisotopic (exact) mass is 246 g/mol. The quantitative estimate of drug-likeness (QED) is 0.770. The maximum absolute atomic E-state index is 11.8. The van der Waals surface area contributed by atoms with Crippen molar-refractivity contribution in [1.82, 2.24) is 10.2 Å². The Morgan fingerprint density at radius 2 is 2.06 bits per heavy atom. The zero-order valence-corrected chi connectivity index (χ0v) is 10.1. The van der Waals surface area contributed by atoms with Gasteiger partial charge >= 0.3 is 0 Å². The number of carbonyl (C=O) groups is 2. The van der Waals surface area contributed by atoms with E-state index in [-0.39, 0.29) is 24.3 Å². The van der Waals surface area contributed by atoms with Crippen LogP contribution in [0.4, 0.5) is 0 Å². The molecular formula is C13H14N2O3. The van der Waals surface area contributed by atoms with Crippen LogP contribution in [0.1, 0.15) is 18.0 Å².